The van der Waals surface area contributed by atoms with Gasteiger partial charge in [-0.2, -0.15) is 0 Å². The number of nitrogens with zero attached hydrogens (tertiary/aromatic N) is 2. The highest BCUT2D eigenvalue weighted by Crippen LogP contribution is 2.36. The quantitative estimate of drug-likeness (QED) is 0.132. The van der Waals surface area contributed by atoms with E-state index < -0.39 is 22.8 Å². The van der Waals surface area contributed by atoms with Crippen molar-refractivity contribution in [2.75, 3.05) is 52.5 Å². The van der Waals surface area contributed by atoms with Gasteiger partial charge in [0.2, 0.25) is 0 Å². The lowest BCUT2D eigenvalue weighted by molar-refractivity contribution is -0.101. The van der Waals surface area contributed by atoms with Gasteiger partial charge < -0.3 is 34.0 Å². The molecule has 286 valence electrons. The number of aromatic nitrogens is 2. The van der Waals surface area contributed by atoms with Crippen molar-refractivity contribution in [3.63, 3.8) is 0 Å². The summed E-state index contributed by atoms with van der Waals surface area (Å²) in [5.41, 5.74) is 9.26. The Morgan fingerprint density at radius 3 is 2.40 bits per heavy atom. The molecule has 10 nitrogen and oxygen atoms in total. The first-order valence-corrected chi connectivity index (χ1v) is 18.2. The molecule has 3 aromatic carbocycles. The van der Waals surface area contributed by atoms with Crippen molar-refractivity contribution in [3.8, 4) is 44.9 Å². The molecule has 2 aromatic heterocycles. The Bertz CT molecular complexity index is 2230. The number of rotatable bonds is 12. The van der Waals surface area contributed by atoms with Crippen molar-refractivity contribution < 1.29 is 37.3 Å². The van der Waals surface area contributed by atoms with E-state index in [2.05, 4.69) is 11.9 Å². The summed E-state index contributed by atoms with van der Waals surface area (Å²) in [5.74, 6) is -0.584. The maximum absolute atomic E-state index is 15.0. The van der Waals surface area contributed by atoms with Crippen molar-refractivity contribution in [3.05, 3.63) is 118 Å². The SMILES string of the molecule is COc1cc(-c2cnc(N)c(-c3ccc(CC(=O)c4cn(CC5(C)CCOCC5)cc(-c5ccc(F)cc5F)c4=O)cc3)c2)ccc1OC[C@H]1COCCO1. The zero-order valence-corrected chi connectivity index (χ0v) is 30.8. The number of carbonyl (C=O) groups is 1. The molecule has 0 aliphatic carbocycles. The third-order valence-electron chi connectivity index (χ3n) is 10.2. The zero-order chi connectivity index (χ0) is 38.5. The molecular formula is C43H43F2N3O7. The van der Waals surface area contributed by atoms with Crippen LogP contribution in [0, 0.1) is 17.0 Å². The molecule has 2 saturated heterocycles. The largest absolute Gasteiger partial charge is 0.493 e. The minimum Gasteiger partial charge on any atom is -0.493 e. The van der Waals surface area contributed by atoms with E-state index in [0.29, 0.717) is 74.6 Å². The molecule has 5 aromatic rings. The molecule has 2 aliphatic heterocycles. The van der Waals surface area contributed by atoms with Crippen molar-refractivity contribution >= 4 is 11.6 Å². The number of hydrogen-bond donors (Lipinski definition) is 1. The van der Waals surface area contributed by atoms with Gasteiger partial charge in [0.25, 0.3) is 0 Å². The Morgan fingerprint density at radius 2 is 1.67 bits per heavy atom. The van der Waals surface area contributed by atoms with Crippen LogP contribution >= 0.6 is 0 Å². The van der Waals surface area contributed by atoms with Crippen LogP contribution in [0.15, 0.2) is 90.1 Å². The van der Waals surface area contributed by atoms with E-state index in [1.165, 1.54) is 6.07 Å². The fourth-order valence-electron chi connectivity index (χ4n) is 7.01. The maximum atomic E-state index is 15.0. The van der Waals surface area contributed by atoms with Crippen molar-refractivity contribution in [2.45, 2.75) is 38.8 Å². The predicted octanol–water partition coefficient (Wildman–Crippen LogP) is 7.15. The van der Waals surface area contributed by atoms with E-state index in [4.69, 9.17) is 29.4 Å². The number of pyridine rings is 2. The first-order valence-electron chi connectivity index (χ1n) is 18.2. The van der Waals surface area contributed by atoms with Gasteiger partial charge in [0.15, 0.2) is 22.7 Å². The summed E-state index contributed by atoms with van der Waals surface area (Å²) in [6.45, 7) is 5.76. The smallest absolute Gasteiger partial charge is 0.200 e. The van der Waals surface area contributed by atoms with E-state index in [1.807, 2.05) is 36.4 Å². The molecular weight excluding hydrogens is 708 g/mol. The Kier molecular flexibility index (Phi) is 11.4. The number of Topliss-reactive ketones (excluding diaryl/α,β-unsaturated/α-hetero) is 1. The molecule has 0 unspecified atom stereocenters. The maximum Gasteiger partial charge on any atom is 0.200 e. The van der Waals surface area contributed by atoms with Gasteiger partial charge in [0.05, 0.1) is 32.5 Å². The number of carbonyl (C=O) groups excluding carboxylic acids is 1. The molecule has 4 heterocycles. The van der Waals surface area contributed by atoms with Gasteiger partial charge >= 0.3 is 0 Å². The van der Waals surface area contributed by atoms with E-state index >= 15 is 4.39 Å². The summed E-state index contributed by atoms with van der Waals surface area (Å²) >= 11 is 0. The molecule has 2 aliphatic rings. The number of nitrogen functional groups attached to an aromatic ring is 1. The summed E-state index contributed by atoms with van der Waals surface area (Å²) in [6, 6.07) is 17.9. The molecule has 0 spiro atoms. The van der Waals surface area contributed by atoms with Crippen LogP contribution in [0.1, 0.15) is 35.7 Å². The van der Waals surface area contributed by atoms with Crippen LogP contribution in [0.5, 0.6) is 11.5 Å². The molecule has 12 heteroatoms. The Labute approximate surface area is 317 Å². The second kappa shape index (κ2) is 16.5. The summed E-state index contributed by atoms with van der Waals surface area (Å²) < 4.78 is 58.9. The zero-order valence-electron chi connectivity index (χ0n) is 30.8. The number of hydrogen-bond acceptors (Lipinski definition) is 9. The molecule has 0 radical (unpaired) electrons. The molecule has 55 heavy (non-hydrogen) atoms. The van der Waals surface area contributed by atoms with Crippen molar-refractivity contribution in [1.82, 2.24) is 9.55 Å². The van der Waals surface area contributed by atoms with Crippen LogP contribution in [-0.2, 0) is 27.2 Å². The Balaban J connectivity index is 1.11. The highest BCUT2D eigenvalue weighted by Gasteiger charge is 2.29. The van der Waals surface area contributed by atoms with Gasteiger partial charge in [-0.25, -0.2) is 13.8 Å². The molecule has 0 bridgehead atoms. The summed E-state index contributed by atoms with van der Waals surface area (Å²) in [6.07, 6.45) is 6.16. The second-order valence-corrected chi connectivity index (χ2v) is 14.3. The number of nitrogens with two attached hydrogens (primary N) is 1. The predicted molar refractivity (Wildman–Crippen MR) is 204 cm³/mol. The number of ketones is 1. The molecule has 0 amide bonds. The molecule has 2 fully saturated rings. The number of benzene rings is 3. The summed E-state index contributed by atoms with van der Waals surface area (Å²) in [4.78, 5) is 32.1. The first-order chi connectivity index (χ1) is 26.6. The molecule has 7 rings (SSSR count). The lowest BCUT2D eigenvalue weighted by Crippen LogP contribution is -2.33. The summed E-state index contributed by atoms with van der Waals surface area (Å²) in [5, 5.41) is 0. The van der Waals surface area contributed by atoms with Gasteiger partial charge in [0, 0.05) is 73.1 Å². The molecule has 1 atom stereocenters. The average Bonchev–Trinajstić information content (AvgIpc) is 3.19. The van der Waals surface area contributed by atoms with Crippen molar-refractivity contribution in [1.29, 1.82) is 0 Å². The van der Waals surface area contributed by atoms with Crippen LogP contribution in [0.2, 0.25) is 0 Å². The minimum atomic E-state index is -0.875. The lowest BCUT2D eigenvalue weighted by Gasteiger charge is -2.34. The molecule has 2 N–H and O–H groups in total. The second-order valence-electron chi connectivity index (χ2n) is 14.3. The van der Waals surface area contributed by atoms with Gasteiger partial charge in [-0.15, -0.1) is 0 Å². The van der Waals surface area contributed by atoms with E-state index in [1.54, 1.807) is 42.4 Å². The number of methoxy groups -OCH3 is 1. The third kappa shape index (κ3) is 8.77. The van der Waals surface area contributed by atoms with Gasteiger partial charge in [-0.1, -0.05) is 37.3 Å². The van der Waals surface area contributed by atoms with Gasteiger partial charge in [-0.3, -0.25) is 9.59 Å². The van der Waals surface area contributed by atoms with Crippen LogP contribution in [0.4, 0.5) is 14.6 Å². The van der Waals surface area contributed by atoms with Crippen molar-refractivity contribution in [2.24, 2.45) is 5.41 Å². The summed E-state index contributed by atoms with van der Waals surface area (Å²) in [7, 11) is 1.58. The highest BCUT2D eigenvalue weighted by molar-refractivity contribution is 5.98. The third-order valence-corrected chi connectivity index (χ3v) is 10.2. The minimum absolute atomic E-state index is 0.00106. The number of halogens is 2. The molecule has 0 saturated carbocycles. The van der Waals surface area contributed by atoms with Crippen LogP contribution < -0.4 is 20.6 Å². The Hall–Kier alpha value is -5.43. The fraction of sp³-hybridized carbons (Fsp3) is 0.326. The fourth-order valence-corrected chi connectivity index (χ4v) is 7.01. The highest BCUT2D eigenvalue weighted by atomic mass is 19.1. The van der Waals surface area contributed by atoms with Crippen LogP contribution in [0.25, 0.3) is 33.4 Å². The van der Waals surface area contributed by atoms with E-state index in [9.17, 15) is 14.0 Å². The van der Waals surface area contributed by atoms with Gasteiger partial charge in [0.1, 0.15) is 30.2 Å². The lowest BCUT2D eigenvalue weighted by atomic mass is 9.82. The normalized spacial score (nSPS) is 16.8. The van der Waals surface area contributed by atoms with Crippen LogP contribution in [-0.4, -0.2) is 68.2 Å². The number of anilines is 1. The van der Waals surface area contributed by atoms with Gasteiger partial charge in [-0.05, 0) is 65.3 Å². The number of ether oxygens (including phenoxy) is 5. The Morgan fingerprint density at radius 1 is 0.891 bits per heavy atom. The van der Waals surface area contributed by atoms with Crippen LogP contribution in [0.3, 0.4) is 0 Å². The standard InChI is InChI=1S/C43H43F2N3O7/c1-43(11-13-52-14-12-43)26-48-22-35(33-9-8-31(44)20-37(33)45)41(50)36(23-48)38(49)17-27-3-5-28(6-4-27)34-18-30(21-47-42(34)46)29-7-10-39(40(19-29)51-2)55-25-32-24-53-15-16-54-32/h3-10,18-23,32H,11-17,24-26H2,1-2H3,(H2,46,47)/t32-/m1/s1. The topological polar surface area (TPSA) is 124 Å². The average molecular weight is 752 g/mol. The van der Waals surface area contributed by atoms with E-state index in [-0.39, 0.29) is 34.6 Å². The van der Waals surface area contributed by atoms with E-state index in [0.717, 1.165) is 41.7 Å². The first kappa shape index (κ1) is 37.9. The monoisotopic (exact) mass is 751 g/mol.